The van der Waals surface area contributed by atoms with E-state index in [4.69, 9.17) is 4.42 Å². The fourth-order valence-electron chi connectivity index (χ4n) is 3.09. The van der Waals surface area contributed by atoms with E-state index in [9.17, 15) is 10.2 Å². The molecule has 0 aliphatic heterocycles. The molecule has 9 heteroatoms. The molecule has 0 aliphatic rings. The van der Waals surface area contributed by atoms with Crippen molar-refractivity contribution in [3.63, 3.8) is 0 Å². The van der Waals surface area contributed by atoms with E-state index in [0.717, 1.165) is 22.0 Å². The molecule has 30 heavy (non-hydrogen) atoms. The molecule has 0 radical (unpaired) electrons. The molecule has 5 rings (SSSR count). The lowest BCUT2D eigenvalue weighted by molar-refractivity contribution is 0.403. The van der Waals surface area contributed by atoms with Crippen LogP contribution < -0.4 is 10.6 Å². The summed E-state index contributed by atoms with van der Waals surface area (Å²) < 4.78 is 5.89. The number of hydrogen-bond donors (Lipinski definition) is 4. The van der Waals surface area contributed by atoms with Gasteiger partial charge in [0.25, 0.3) is 0 Å². The van der Waals surface area contributed by atoms with Crippen molar-refractivity contribution in [2.75, 3.05) is 10.6 Å². The van der Waals surface area contributed by atoms with Gasteiger partial charge in [0, 0.05) is 11.9 Å². The maximum atomic E-state index is 9.57. The summed E-state index contributed by atoms with van der Waals surface area (Å²) in [7, 11) is 0. The standard InChI is InChI=1S/C21H16N6O3/c28-15-6-5-12(7-16(15)29)8-22-13-9-23-21(24-10-13)27-20-19-18(25-11-26-20)14-3-1-2-4-17(14)30-19/h1-7,9-11,22,28-29H,8H2,(H,23,24,25,26,27). The van der Waals surface area contributed by atoms with Crippen molar-refractivity contribution < 1.29 is 14.6 Å². The minimum Gasteiger partial charge on any atom is -0.504 e. The van der Waals surface area contributed by atoms with Crippen LogP contribution in [-0.2, 0) is 6.54 Å². The molecular weight excluding hydrogens is 384 g/mol. The van der Waals surface area contributed by atoms with Crippen molar-refractivity contribution >= 4 is 39.5 Å². The lowest BCUT2D eigenvalue weighted by atomic mass is 10.2. The zero-order valence-electron chi connectivity index (χ0n) is 15.6. The first-order chi connectivity index (χ1) is 14.7. The number of aromatic nitrogens is 4. The highest BCUT2D eigenvalue weighted by molar-refractivity contribution is 6.05. The SMILES string of the molecule is Oc1ccc(CNc2cnc(Nc3ncnc4c3oc3ccccc34)nc2)cc1O. The maximum Gasteiger partial charge on any atom is 0.228 e. The smallest absolute Gasteiger partial charge is 0.228 e. The van der Waals surface area contributed by atoms with E-state index in [1.807, 2.05) is 24.3 Å². The molecule has 0 saturated carbocycles. The number of furan rings is 1. The summed E-state index contributed by atoms with van der Waals surface area (Å²) in [4.78, 5) is 17.2. The summed E-state index contributed by atoms with van der Waals surface area (Å²) in [6.07, 6.45) is 4.73. The van der Waals surface area contributed by atoms with Crippen molar-refractivity contribution in [1.82, 2.24) is 19.9 Å². The Bertz CT molecular complexity index is 1350. The van der Waals surface area contributed by atoms with Crippen molar-refractivity contribution in [1.29, 1.82) is 0 Å². The summed E-state index contributed by atoms with van der Waals surface area (Å²) >= 11 is 0. The van der Waals surface area contributed by atoms with Crippen LogP contribution in [0.25, 0.3) is 22.1 Å². The van der Waals surface area contributed by atoms with Gasteiger partial charge in [-0.25, -0.2) is 19.9 Å². The molecule has 148 valence electrons. The van der Waals surface area contributed by atoms with Gasteiger partial charge in [-0.05, 0) is 29.8 Å². The number of rotatable bonds is 5. The first-order valence-electron chi connectivity index (χ1n) is 9.13. The zero-order chi connectivity index (χ0) is 20.5. The van der Waals surface area contributed by atoms with Crippen LogP contribution in [0.15, 0.2) is 65.6 Å². The highest BCUT2D eigenvalue weighted by atomic mass is 16.3. The molecule has 3 heterocycles. The lowest BCUT2D eigenvalue weighted by Gasteiger charge is -2.08. The Balaban J connectivity index is 1.33. The molecule has 0 saturated heterocycles. The van der Waals surface area contributed by atoms with Crippen LogP contribution in [0, 0.1) is 0 Å². The van der Waals surface area contributed by atoms with E-state index < -0.39 is 0 Å². The Kier molecular flexibility index (Phi) is 4.25. The topological polar surface area (TPSA) is 129 Å². The Hall–Kier alpha value is -4.40. The van der Waals surface area contributed by atoms with Gasteiger partial charge in [0.2, 0.25) is 5.95 Å². The van der Waals surface area contributed by atoms with Crippen LogP contribution in [0.4, 0.5) is 17.5 Å². The number of nitrogens with zero attached hydrogens (tertiary/aromatic N) is 4. The molecule has 0 unspecified atom stereocenters. The summed E-state index contributed by atoms with van der Waals surface area (Å²) in [6, 6.07) is 12.3. The van der Waals surface area contributed by atoms with Gasteiger partial charge in [-0.15, -0.1) is 0 Å². The van der Waals surface area contributed by atoms with Crippen LogP contribution in [0.2, 0.25) is 0 Å². The molecule has 3 aromatic heterocycles. The molecular formula is C21H16N6O3. The number of hydrogen-bond acceptors (Lipinski definition) is 9. The fourth-order valence-corrected chi connectivity index (χ4v) is 3.09. The van der Waals surface area contributed by atoms with Crippen LogP contribution in [0.5, 0.6) is 11.5 Å². The lowest BCUT2D eigenvalue weighted by Crippen LogP contribution is -2.03. The maximum absolute atomic E-state index is 9.57. The van der Waals surface area contributed by atoms with Crippen LogP contribution in [0.3, 0.4) is 0 Å². The van der Waals surface area contributed by atoms with Gasteiger partial charge in [-0.2, -0.15) is 0 Å². The minimum atomic E-state index is -0.160. The predicted molar refractivity (Wildman–Crippen MR) is 112 cm³/mol. The Morgan fingerprint density at radius 2 is 1.73 bits per heavy atom. The first-order valence-corrected chi connectivity index (χ1v) is 9.13. The van der Waals surface area contributed by atoms with E-state index in [-0.39, 0.29) is 11.5 Å². The highest BCUT2D eigenvalue weighted by Gasteiger charge is 2.13. The second kappa shape index (κ2) is 7.21. The van der Waals surface area contributed by atoms with Gasteiger partial charge in [-0.3, -0.25) is 0 Å². The first kappa shape index (κ1) is 17.7. The van der Waals surface area contributed by atoms with Crippen molar-refractivity contribution in [2.45, 2.75) is 6.54 Å². The average Bonchev–Trinajstić information content (AvgIpc) is 3.15. The minimum absolute atomic E-state index is 0.152. The summed E-state index contributed by atoms with van der Waals surface area (Å²) in [5.41, 5.74) is 3.50. The number of aromatic hydroxyl groups is 2. The summed E-state index contributed by atoms with van der Waals surface area (Å²) in [5, 5.41) is 26.1. The number of anilines is 3. The second-order valence-electron chi connectivity index (χ2n) is 6.60. The highest BCUT2D eigenvalue weighted by Crippen LogP contribution is 2.31. The van der Waals surface area contributed by atoms with Gasteiger partial charge in [0.1, 0.15) is 17.4 Å². The number of phenols is 2. The fraction of sp³-hybridized carbons (Fsp3) is 0.0476. The molecule has 0 bridgehead atoms. The number of phenolic OH excluding ortho intramolecular Hbond substituents is 2. The number of benzene rings is 2. The van der Waals surface area contributed by atoms with E-state index in [0.29, 0.717) is 29.6 Å². The molecule has 0 spiro atoms. The number of nitrogens with one attached hydrogen (secondary N) is 2. The van der Waals surface area contributed by atoms with E-state index in [2.05, 4.69) is 30.6 Å². The number of fused-ring (bicyclic) bond motifs is 3. The van der Waals surface area contributed by atoms with Gasteiger partial charge in [0.05, 0.1) is 18.1 Å². The van der Waals surface area contributed by atoms with E-state index >= 15 is 0 Å². The number of para-hydroxylation sites is 1. The Labute approximate surface area is 170 Å². The molecule has 5 aromatic rings. The molecule has 4 N–H and O–H groups in total. The molecule has 0 atom stereocenters. The molecule has 9 nitrogen and oxygen atoms in total. The van der Waals surface area contributed by atoms with Crippen molar-refractivity contribution in [3.8, 4) is 11.5 Å². The quantitative estimate of drug-likeness (QED) is 0.324. The van der Waals surface area contributed by atoms with Gasteiger partial charge < -0.3 is 25.3 Å². The average molecular weight is 400 g/mol. The molecule has 2 aromatic carbocycles. The molecule has 0 amide bonds. The van der Waals surface area contributed by atoms with Gasteiger partial charge in [0.15, 0.2) is 22.9 Å². The third-order valence-corrected chi connectivity index (χ3v) is 4.58. The summed E-state index contributed by atoms with van der Waals surface area (Å²) in [6.45, 7) is 0.440. The third-order valence-electron chi connectivity index (χ3n) is 4.58. The van der Waals surface area contributed by atoms with Crippen molar-refractivity contribution in [3.05, 3.63) is 66.7 Å². The van der Waals surface area contributed by atoms with Crippen LogP contribution in [-0.4, -0.2) is 30.1 Å². The van der Waals surface area contributed by atoms with Crippen molar-refractivity contribution in [2.24, 2.45) is 0 Å². The Morgan fingerprint density at radius 3 is 2.57 bits per heavy atom. The normalized spacial score (nSPS) is 11.1. The van der Waals surface area contributed by atoms with E-state index in [1.165, 1.54) is 18.5 Å². The summed E-state index contributed by atoms with van der Waals surface area (Å²) in [5.74, 6) is 0.535. The zero-order valence-corrected chi connectivity index (χ0v) is 15.6. The van der Waals surface area contributed by atoms with E-state index in [1.54, 1.807) is 18.5 Å². The van der Waals surface area contributed by atoms with Gasteiger partial charge in [-0.1, -0.05) is 18.2 Å². The monoisotopic (exact) mass is 400 g/mol. The van der Waals surface area contributed by atoms with Crippen LogP contribution in [0.1, 0.15) is 5.56 Å². The van der Waals surface area contributed by atoms with Gasteiger partial charge >= 0.3 is 0 Å². The third kappa shape index (κ3) is 3.28. The second-order valence-corrected chi connectivity index (χ2v) is 6.60. The Morgan fingerprint density at radius 1 is 0.900 bits per heavy atom. The largest absolute Gasteiger partial charge is 0.504 e. The molecule has 0 fully saturated rings. The molecule has 0 aliphatic carbocycles. The predicted octanol–water partition coefficient (Wildman–Crippen LogP) is 3.93. The van der Waals surface area contributed by atoms with Crippen LogP contribution >= 0.6 is 0 Å².